The van der Waals surface area contributed by atoms with Crippen molar-refractivity contribution in [3.05, 3.63) is 65.0 Å². The molecule has 0 spiro atoms. The van der Waals surface area contributed by atoms with E-state index in [-0.39, 0.29) is 0 Å². The standard InChI is InChI=1S/C27H33N9/c1-34(2)22-12-9-18-8-11-21(15-19(18)10-13-22)30-27-33-36(17-35(27)28)25-16-20-5-3-7-24-23(6-4-14-29-24)26(20)32-31-25/h4,6,8,11,14-16,22H,3,5,7,9-10,12-13,17,28H2,1-2H3,(H,30,33)/t22-/m0/s1. The summed E-state index contributed by atoms with van der Waals surface area (Å²) in [7, 11) is 4.36. The number of pyridine rings is 1. The molecule has 9 nitrogen and oxygen atoms in total. The lowest BCUT2D eigenvalue weighted by Gasteiger charge is -2.21. The van der Waals surface area contributed by atoms with E-state index in [2.05, 4.69) is 69.8 Å². The Bertz CT molecular complexity index is 1300. The van der Waals surface area contributed by atoms with Crippen molar-refractivity contribution in [1.29, 1.82) is 0 Å². The van der Waals surface area contributed by atoms with Crippen LogP contribution in [0.25, 0.3) is 11.3 Å². The third kappa shape index (κ3) is 4.40. The molecule has 3 aliphatic rings. The summed E-state index contributed by atoms with van der Waals surface area (Å²) in [5.74, 6) is 7.63. The summed E-state index contributed by atoms with van der Waals surface area (Å²) in [4.78, 5) is 6.89. The molecular weight excluding hydrogens is 450 g/mol. The highest BCUT2D eigenvalue weighted by atomic mass is 15.7. The van der Waals surface area contributed by atoms with Gasteiger partial charge in [-0.25, -0.2) is 10.9 Å². The van der Waals surface area contributed by atoms with Crippen molar-refractivity contribution in [2.24, 2.45) is 10.9 Å². The summed E-state index contributed by atoms with van der Waals surface area (Å²) in [5, 5.41) is 20.7. The summed E-state index contributed by atoms with van der Waals surface area (Å²) < 4.78 is 0. The smallest absolute Gasteiger partial charge is 0.237 e. The van der Waals surface area contributed by atoms with Gasteiger partial charge in [0.25, 0.3) is 0 Å². The molecule has 0 amide bonds. The number of anilines is 2. The Morgan fingerprint density at radius 1 is 0.972 bits per heavy atom. The first-order chi connectivity index (χ1) is 17.5. The average Bonchev–Trinajstić information content (AvgIpc) is 3.04. The number of benzene rings is 1. The molecule has 0 fully saturated rings. The van der Waals surface area contributed by atoms with Gasteiger partial charge in [-0.15, -0.1) is 15.3 Å². The van der Waals surface area contributed by atoms with Crippen molar-refractivity contribution in [1.82, 2.24) is 25.1 Å². The Labute approximate surface area is 212 Å². The third-order valence-corrected chi connectivity index (χ3v) is 7.59. The zero-order valence-corrected chi connectivity index (χ0v) is 21.0. The number of nitrogens with two attached hydrogens (primary N) is 1. The fraction of sp³-hybridized carbons (Fsp3) is 0.407. The SMILES string of the molecule is CN(C)[C@H]1CCc2ccc(NC3=NN(c4cc5c(nn4)-c4cccnc4CCC5)CN3N)cc2CC1. The topological polar surface area (TPSA) is 98.8 Å². The number of fused-ring (bicyclic) bond motifs is 4. The minimum Gasteiger partial charge on any atom is -0.324 e. The first kappa shape index (κ1) is 22.9. The molecule has 2 aromatic heterocycles. The van der Waals surface area contributed by atoms with Crippen molar-refractivity contribution in [2.75, 3.05) is 31.1 Å². The Morgan fingerprint density at radius 2 is 1.83 bits per heavy atom. The van der Waals surface area contributed by atoms with Gasteiger partial charge in [0.1, 0.15) is 6.67 Å². The highest BCUT2D eigenvalue weighted by Gasteiger charge is 2.26. The molecule has 2 aliphatic carbocycles. The molecule has 3 heterocycles. The highest BCUT2D eigenvalue weighted by molar-refractivity contribution is 5.95. The van der Waals surface area contributed by atoms with Crippen LogP contribution < -0.4 is 16.2 Å². The molecule has 0 unspecified atom stereocenters. The average molecular weight is 484 g/mol. The predicted molar refractivity (Wildman–Crippen MR) is 142 cm³/mol. The molecule has 0 saturated carbocycles. The lowest BCUT2D eigenvalue weighted by Crippen LogP contribution is -2.40. The summed E-state index contributed by atoms with van der Waals surface area (Å²) >= 11 is 0. The second-order valence-corrected chi connectivity index (χ2v) is 10.2. The van der Waals surface area contributed by atoms with Crippen LogP contribution in [0.2, 0.25) is 0 Å². The number of aromatic nitrogens is 3. The lowest BCUT2D eigenvalue weighted by atomic mass is 10.0. The van der Waals surface area contributed by atoms with Crippen molar-refractivity contribution >= 4 is 17.5 Å². The number of hydrogen-bond acceptors (Lipinski definition) is 9. The minimum atomic E-state index is 0.406. The van der Waals surface area contributed by atoms with Crippen LogP contribution >= 0.6 is 0 Å². The Hall–Kier alpha value is -3.56. The van der Waals surface area contributed by atoms with Gasteiger partial charge >= 0.3 is 0 Å². The van der Waals surface area contributed by atoms with Gasteiger partial charge in [-0.1, -0.05) is 6.07 Å². The van der Waals surface area contributed by atoms with Crippen molar-refractivity contribution in [3.63, 3.8) is 0 Å². The molecule has 9 heteroatoms. The Balaban J connectivity index is 1.21. The number of nitrogens with one attached hydrogen (secondary N) is 1. The fourth-order valence-corrected chi connectivity index (χ4v) is 5.51. The minimum absolute atomic E-state index is 0.406. The van der Waals surface area contributed by atoms with Crippen LogP contribution in [0.1, 0.15) is 41.6 Å². The summed E-state index contributed by atoms with van der Waals surface area (Å²) in [6.45, 7) is 0.406. The normalized spacial score (nSPS) is 19.2. The van der Waals surface area contributed by atoms with E-state index in [1.807, 2.05) is 12.3 Å². The number of guanidine groups is 1. The Morgan fingerprint density at radius 3 is 2.69 bits per heavy atom. The first-order valence-corrected chi connectivity index (χ1v) is 12.8. The second kappa shape index (κ2) is 9.48. The van der Waals surface area contributed by atoms with E-state index >= 15 is 0 Å². The zero-order chi connectivity index (χ0) is 24.6. The largest absolute Gasteiger partial charge is 0.324 e. The van der Waals surface area contributed by atoms with E-state index in [9.17, 15) is 0 Å². The van der Waals surface area contributed by atoms with Crippen LogP contribution in [0.5, 0.6) is 0 Å². The van der Waals surface area contributed by atoms with Gasteiger partial charge in [-0.05, 0) is 106 Å². The van der Waals surface area contributed by atoms with Crippen LogP contribution in [-0.4, -0.2) is 57.9 Å². The molecule has 3 N–H and O–H groups in total. The van der Waals surface area contributed by atoms with Gasteiger partial charge in [0.05, 0.1) is 5.69 Å². The molecule has 3 aromatic rings. The molecule has 1 atom stereocenters. The number of rotatable bonds is 3. The molecule has 0 saturated heterocycles. The van der Waals surface area contributed by atoms with E-state index in [0.29, 0.717) is 24.5 Å². The van der Waals surface area contributed by atoms with E-state index in [1.165, 1.54) is 29.5 Å². The summed E-state index contributed by atoms with van der Waals surface area (Å²) in [6, 6.07) is 13.4. The molecule has 0 radical (unpaired) electrons. The maximum absolute atomic E-state index is 6.33. The van der Waals surface area contributed by atoms with Crippen molar-refractivity contribution in [2.45, 2.75) is 51.0 Å². The molecule has 6 rings (SSSR count). The van der Waals surface area contributed by atoms with Crippen LogP contribution in [0.3, 0.4) is 0 Å². The maximum atomic E-state index is 6.33. The van der Waals surface area contributed by atoms with E-state index in [1.54, 1.807) is 10.0 Å². The van der Waals surface area contributed by atoms with Crippen molar-refractivity contribution < 1.29 is 0 Å². The van der Waals surface area contributed by atoms with E-state index in [4.69, 9.17) is 10.9 Å². The van der Waals surface area contributed by atoms with Gasteiger partial charge in [-0.3, -0.25) is 9.99 Å². The van der Waals surface area contributed by atoms with Gasteiger partial charge in [-0.2, -0.15) is 0 Å². The molecule has 1 aromatic carbocycles. The Kier molecular flexibility index (Phi) is 6.02. The van der Waals surface area contributed by atoms with Crippen LogP contribution in [0.15, 0.2) is 47.7 Å². The predicted octanol–water partition coefficient (Wildman–Crippen LogP) is 3.17. The molecule has 1 aliphatic heterocycles. The first-order valence-electron chi connectivity index (χ1n) is 12.8. The number of hydrazine groups is 1. The van der Waals surface area contributed by atoms with E-state index < -0.39 is 0 Å². The quantitative estimate of drug-likeness (QED) is 0.433. The maximum Gasteiger partial charge on any atom is 0.237 e. The second-order valence-electron chi connectivity index (χ2n) is 10.2. The van der Waals surface area contributed by atoms with Gasteiger partial charge in [0, 0.05) is 29.2 Å². The van der Waals surface area contributed by atoms with Gasteiger partial charge in [0.2, 0.25) is 5.96 Å². The molecule has 0 bridgehead atoms. The monoisotopic (exact) mass is 483 g/mol. The highest BCUT2D eigenvalue weighted by Crippen LogP contribution is 2.31. The fourth-order valence-electron chi connectivity index (χ4n) is 5.51. The van der Waals surface area contributed by atoms with Gasteiger partial charge in [0.15, 0.2) is 5.82 Å². The number of aryl methyl sites for hydroxylation is 4. The number of hydrazone groups is 1. The molecule has 36 heavy (non-hydrogen) atoms. The number of hydrogen-bond donors (Lipinski definition) is 2. The summed E-state index contributed by atoms with van der Waals surface area (Å²) in [6.07, 6.45) is 9.36. The molecule has 186 valence electrons. The van der Waals surface area contributed by atoms with Crippen LogP contribution in [0, 0.1) is 0 Å². The lowest BCUT2D eigenvalue weighted by molar-refractivity contribution is 0.269. The van der Waals surface area contributed by atoms with E-state index in [0.717, 1.165) is 54.7 Å². The van der Waals surface area contributed by atoms with Crippen molar-refractivity contribution in [3.8, 4) is 11.3 Å². The zero-order valence-electron chi connectivity index (χ0n) is 21.0. The van der Waals surface area contributed by atoms with Crippen LogP contribution in [0.4, 0.5) is 11.5 Å². The summed E-state index contributed by atoms with van der Waals surface area (Å²) in [5.41, 5.74) is 8.13. The van der Waals surface area contributed by atoms with Crippen LogP contribution in [-0.2, 0) is 25.7 Å². The van der Waals surface area contributed by atoms with Gasteiger partial charge < -0.3 is 10.2 Å². The third-order valence-electron chi connectivity index (χ3n) is 7.59. The molecular formula is C27H33N9. The number of nitrogens with zero attached hydrogens (tertiary/aromatic N) is 7.